The van der Waals surface area contributed by atoms with Gasteiger partial charge in [0.1, 0.15) is 17.2 Å². The third-order valence-corrected chi connectivity index (χ3v) is 5.06. The quantitative estimate of drug-likeness (QED) is 0.597. The average Bonchev–Trinajstić information content (AvgIpc) is 3.18. The number of para-hydroxylation sites is 1. The molecule has 0 spiro atoms. The van der Waals surface area contributed by atoms with Gasteiger partial charge in [-0.3, -0.25) is 9.59 Å². The van der Waals surface area contributed by atoms with Crippen molar-refractivity contribution in [3.63, 3.8) is 0 Å². The largest absolute Gasteiger partial charge is 0.494 e. The van der Waals surface area contributed by atoms with Crippen LogP contribution in [-0.4, -0.2) is 25.0 Å². The van der Waals surface area contributed by atoms with E-state index in [1.807, 2.05) is 61.5 Å². The first-order valence-corrected chi connectivity index (χ1v) is 10.3. The van der Waals surface area contributed by atoms with Crippen LogP contribution in [-0.2, 0) is 9.59 Å². The van der Waals surface area contributed by atoms with E-state index in [2.05, 4.69) is 5.32 Å². The summed E-state index contributed by atoms with van der Waals surface area (Å²) in [6, 6.07) is 24.0. The van der Waals surface area contributed by atoms with Gasteiger partial charge >= 0.3 is 0 Å². The first-order valence-electron chi connectivity index (χ1n) is 10.3. The van der Waals surface area contributed by atoms with E-state index in [1.165, 1.54) is 0 Å². The molecule has 1 saturated heterocycles. The molecule has 0 bridgehead atoms. The zero-order valence-corrected chi connectivity index (χ0v) is 17.3. The minimum absolute atomic E-state index is 0.0593. The highest BCUT2D eigenvalue weighted by atomic mass is 16.5. The fourth-order valence-electron chi connectivity index (χ4n) is 3.50. The number of amides is 2. The van der Waals surface area contributed by atoms with Crippen LogP contribution in [0.4, 0.5) is 11.4 Å². The Kier molecular flexibility index (Phi) is 6.17. The van der Waals surface area contributed by atoms with Gasteiger partial charge in [0.25, 0.3) is 0 Å². The van der Waals surface area contributed by atoms with Crippen LogP contribution >= 0.6 is 0 Å². The van der Waals surface area contributed by atoms with Crippen LogP contribution < -0.4 is 19.7 Å². The topological polar surface area (TPSA) is 67.9 Å². The van der Waals surface area contributed by atoms with E-state index in [0.29, 0.717) is 24.6 Å². The maximum Gasteiger partial charge on any atom is 0.229 e. The number of hydrogen-bond acceptors (Lipinski definition) is 4. The van der Waals surface area contributed by atoms with Crippen LogP contribution in [0.5, 0.6) is 17.2 Å². The van der Waals surface area contributed by atoms with Crippen molar-refractivity contribution in [2.45, 2.75) is 13.3 Å². The zero-order valence-electron chi connectivity index (χ0n) is 17.3. The summed E-state index contributed by atoms with van der Waals surface area (Å²) in [5.41, 5.74) is 1.43. The monoisotopic (exact) mass is 416 g/mol. The lowest BCUT2D eigenvalue weighted by Crippen LogP contribution is -2.28. The number of anilines is 2. The summed E-state index contributed by atoms with van der Waals surface area (Å²) in [7, 11) is 0. The first kappa shape index (κ1) is 20.5. The van der Waals surface area contributed by atoms with E-state index >= 15 is 0 Å². The summed E-state index contributed by atoms with van der Waals surface area (Å²) in [5.74, 6) is 1.56. The zero-order chi connectivity index (χ0) is 21.6. The minimum atomic E-state index is -0.403. The van der Waals surface area contributed by atoms with Gasteiger partial charge in [0.2, 0.25) is 11.8 Å². The molecule has 1 atom stereocenters. The molecule has 0 aromatic heterocycles. The second-order valence-electron chi connectivity index (χ2n) is 7.26. The third-order valence-electron chi connectivity index (χ3n) is 5.06. The van der Waals surface area contributed by atoms with Crippen molar-refractivity contribution in [2.75, 3.05) is 23.4 Å². The van der Waals surface area contributed by atoms with E-state index in [0.717, 1.165) is 17.2 Å². The van der Waals surface area contributed by atoms with Crippen molar-refractivity contribution in [1.82, 2.24) is 0 Å². The van der Waals surface area contributed by atoms with Gasteiger partial charge in [-0.15, -0.1) is 0 Å². The van der Waals surface area contributed by atoms with Gasteiger partial charge < -0.3 is 19.7 Å². The van der Waals surface area contributed by atoms with Gasteiger partial charge in [-0.2, -0.15) is 0 Å². The molecule has 1 aliphatic heterocycles. The lowest BCUT2D eigenvalue weighted by molar-refractivity contribution is -0.122. The number of rotatable bonds is 7. The molecule has 4 rings (SSSR count). The molecule has 0 saturated carbocycles. The van der Waals surface area contributed by atoms with Gasteiger partial charge in [-0.1, -0.05) is 18.2 Å². The molecule has 1 heterocycles. The molecule has 6 heteroatoms. The highest BCUT2D eigenvalue weighted by Gasteiger charge is 2.35. The lowest BCUT2D eigenvalue weighted by atomic mass is 10.1. The van der Waals surface area contributed by atoms with Crippen molar-refractivity contribution in [3.8, 4) is 17.2 Å². The van der Waals surface area contributed by atoms with Gasteiger partial charge in [0.15, 0.2) is 0 Å². The highest BCUT2D eigenvalue weighted by molar-refractivity contribution is 6.03. The Morgan fingerprint density at radius 2 is 1.58 bits per heavy atom. The number of nitrogens with zero attached hydrogens (tertiary/aromatic N) is 1. The predicted octanol–water partition coefficient (Wildman–Crippen LogP) is 4.87. The van der Waals surface area contributed by atoms with Crippen LogP contribution in [0.2, 0.25) is 0 Å². The van der Waals surface area contributed by atoms with Gasteiger partial charge in [0.05, 0.1) is 12.5 Å². The molecule has 0 unspecified atom stereocenters. The van der Waals surface area contributed by atoms with E-state index in [9.17, 15) is 9.59 Å². The maximum absolute atomic E-state index is 12.7. The SMILES string of the molecule is CCOc1ccc(N2C[C@@H](C(=O)Nc3ccc(Oc4ccccc4)cc3)CC2=O)cc1. The molecule has 3 aromatic carbocycles. The number of carbonyl (C=O) groups excluding carboxylic acids is 2. The molecule has 1 aliphatic rings. The minimum Gasteiger partial charge on any atom is -0.494 e. The Balaban J connectivity index is 1.35. The predicted molar refractivity (Wildman–Crippen MR) is 120 cm³/mol. The second kappa shape index (κ2) is 9.34. The van der Waals surface area contributed by atoms with Gasteiger partial charge in [-0.05, 0) is 67.6 Å². The molecule has 158 valence electrons. The van der Waals surface area contributed by atoms with E-state index in [4.69, 9.17) is 9.47 Å². The number of ether oxygens (including phenoxy) is 2. The Hall–Kier alpha value is -3.80. The molecule has 0 aliphatic carbocycles. The molecule has 2 amide bonds. The summed E-state index contributed by atoms with van der Waals surface area (Å²) in [6.07, 6.45) is 0.189. The Morgan fingerprint density at radius 1 is 0.935 bits per heavy atom. The molecule has 1 N–H and O–H groups in total. The number of benzene rings is 3. The smallest absolute Gasteiger partial charge is 0.229 e. The second-order valence-corrected chi connectivity index (χ2v) is 7.26. The van der Waals surface area contributed by atoms with Crippen LogP contribution in [0.3, 0.4) is 0 Å². The Labute approximate surface area is 181 Å². The van der Waals surface area contributed by atoms with Crippen molar-refractivity contribution in [2.24, 2.45) is 5.92 Å². The molecular weight excluding hydrogens is 392 g/mol. The van der Waals surface area contributed by atoms with Gasteiger partial charge in [0, 0.05) is 24.3 Å². The van der Waals surface area contributed by atoms with Crippen LogP contribution in [0.15, 0.2) is 78.9 Å². The first-order chi connectivity index (χ1) is 15.1. The van der Waals surface area contributed by atoms with E-state index < -0.39 is 5.92 Å². The fourth-order valence-corrected chi connectivity index (χ4v) is 3.50. The summed E-state index contributed by atoms with van der Waals surface area (Å²) in [6.45, 7) is 2.86. The maximum atomic E-state index is 12.7. The summed E-state index contributed by atoms with van der Waals surface area (Å²) < 4.78 is 11.2. The molecule has 0 radical (unpaired) electrons. The summed E-state index contributed by atoms with van der Waals surface area (Å²) in [4.78, 5) is 26.8. The van der Waals surface area contributed by atoms with Crippen LogP contribution in [0.1, 0.15) is 13.3 Å². The number of hydrogen-bond donors (Lipinski definition) is 1. The molecule has 31 heavy (non-hydrogen) atoms. The highest BCUT2D eigenvalue weighted by Crippen LogP contribution is 2.28. The van der Waals surface area contributed by atoms with Crippen LogP contribution in [0.25, 0.3) is 0 Å². The van der Waals surface area contributed by atoms with Crippen molar-refractivity contribution < 1.29 is 19.1 Å². The standard InChI is InChI=1S/C25H24N2O4/c1-2-30-21-14-10-20(11-15-21)27-17-18(16-24(27)28)25(29)26-19-8-12-23(13-9-19)31-22-6-4-3-5-7-22/h3-15,18H,2,16-17H2,1H3,(H,26,29)/t18-/m0/s1. The Bertz CT molecular complexity index is 1030. The van der Waals surface area contributed by atoms with Crippen molar-refractivity contribution in [1.29, 1.82) is 0 Å². The van der Waals surface area contributed by atoms with Crippen molar-refractivity contribution >= 4 is 23.2 Å². The molecule has 1 fully saturated rings. The van der Waals surface area contributed by atoms with E-state index in [1.54, 1.807) is 29.2 Å². The Morgan fingerprint density at radius 3 is 2.26 bits per heavy atom. The summed E-state index contributed by atoms with van der Waals surface area (Å²) in [5, 5.41) is 2.90. The molecule has 3 aromatic rings. The lowest BCUT2D eigenvalue weighted by Gasteiger charge is -2.17. The summed E-state index contributed by atoms with van der Waals surface area (Å²) >= 11 is 0. The normalized spacial score (nSPS) is 15.6. The molecule has 6 nitrogen and oxygen atoms in total. The van der Waals surface area contributed by atoms with Gasteiger partial charge in [-0.25, -0.2) is 0 Å². The number of nitrogens with one attached hydrogen (secondary N) is 1. The molecular formula is C25H24N2O4. The van der Waals surface area contributed by atoms with Crippen molar-refractivity contribution in [3.05, 3.63) is 78.9 Å². The third kappa shape index (κ3) is 5.04. The average molecular weight is 416 g/mol. The number of carbonyl (C=O) groups is 2. The van der Waals surface area contributed by atoms with Crippen LogP contribution in [0, 0.1) is 5.92 Å². The van der Waals surface area contributed by atoms with E-state index in [-0.39, 0.29) is 18.2 Å². The fraction of sp³-hybridized carbons (Fsp3) is 0.200.